The molecule has 4 atom stereocenters. The second-order valence-electron chi connectivity index (χ2n) is 6.45. The molecule has 0 amide bonds. The SMILES string of the molecule is CNN(c1ccc(C(C)=O)c(C(C)=O)c1)C1C2C=CC(C2)C1N. The van der Waals surface area contributed by atoms with Crippen LogP contribution in [0.4, 0.5) is 5.69 Å². The first kappa shape index (κ1) is 15.9. The Morgan fingerprint density at radius 3 is 2.30 bits per heavy atom. The highest BCUT2D eigenvalue weighted by Gasteiger charge is 2.45. The number of carbonyl (C=O) groups is 2. The molecule has 0 spiro atoms. The van der Waals surface area contributed by atoms with Crippen LogP contribution in [0.2, 0.25) is 0 Å². The highest BCUT2D eigenvalue weighted by Crippen LogP contribution is 2.41. The van der Waals surface area contributed by atoms with Crippen LogP contribution in [0.15, 0.2) is 30.4 Å². The maximum absolute atomic E-state index is 11.9. The topological polar surface area (TPSA) is 75.4 Å². The summed E-state index contributed by atoms with van der Waals surface area (Å²) >= 11 is 0. The predicted octanol–water partition coefficient (Wildman–Crippen LogP) is 1.93. The van der Waals surface area contributed by atoms with Crippen molar-refractivity contribution in [3.63, 3.8) is 0 Å². The fourth-order valence-electron chi connectivity index (χ4n) is 3.93. The Kier molecular flexibility index (Phi) is 4.08. The van der Waals surface area contributed by atoms with Gasteiger partial charge < -0.3 is 10.7 Å². The van der Waals surface area contributed by atoms with Gasteiger partial charge in [-0.3, -0.25) is 9.59 Å². The average molecular weight is 313 g/mol. The van der Waals surface area contributed by atoms with Crippen LogP contribution in [-0.4, -0.2) is 30.7 Å². The minimum Gasteiger partial charge on any atom is -0.325 e. The number of ketones is 2. The van der Waals surface area contributed by atoms with E-state index in [0.29, 0.717) is 23.0 Å². The van der Waals surface area contributed by atoms with Gasteiger partial charge in [-0.2, -0.15) is 0 Å². The van der Waals surface area contributed by atoms with Gasteiger partial charge >= 0.3 is 0 Å². The molecule has 4 unspecified atom stereocenters. The number of nitrogens with zero attached hydrogens (tertiary/aromatic N) is 1. The van der Waals surface area contributed by atoms with Crippen LogP contribution in [0.1, 0.15) is 41.0 Å². The lowest BCUT2D eigenvalue weighted by atomic mass is 9.95. The van der Waals surface area contributed by atoms with E-state index in [-0.39, 0.29) is 23.7 Å². The van der Waals surface area contributed by atoms with Crippen molar-refractivity contribution in [1.82, 2.24) is 5.43 Å². The van der Waals surface area contributed by atoms with Crippen LogP contribution >= 0.6 is 0 Å². The van der Waals surface area contributed by atoms with Crippen LogP contribution in [0, 0.1) is 11.8 Å². The van der Waals surface area contributed by atoms with Crippen LogP contribution in [0.5, 0.6) is 0 Å². The second kappa shape index (κ2) is 5.91. The molecule has 2 aliphatic carbocycles. The van der Waals surface area contributed by atoms with Crippen molar-refractivity contribution in [1.29, 1.82) is 0 Å². The predicted molar refractivity (Wildman–Crippen MR) is 90.5 cm³/mol. The van der Waals surface area contributed by atoms with Gasteiger partial charge in [0.05, 0.1) is 11.7 Å². The number of rotatable bonds is 5. The lowest BCUT2D eigenvalue weighted by molar-refractivity contribution is 0.0981. The highest BCUT2D eigenvalue weighted by molar-refractivity contribution is 6.07. The van der Waals surface area contributed by atoms with Crippen molar-refractivity contribution in [2.24, 2.45) is 17.6 Å². The summed E-state index contributed by atoms with van der Waals surface area (Å²) < 4.78 is 0. The normalized spacial score (nSPS) is 28.2. The summed E-state index contributed by atoms with van der Waals surface area (Å²) in [5.41, 5.74) is 11.4. The molecule has 0 saturated heterocycles. The quantitative estimate of drug-likeness (QED) is 0.493. The summed E-state index contributed by atoms with van der Waals surface area (Å²) in [4.78, 5) is 23.6. The Morgan fingerprint density at radius 1 is 1.13 bits per heavy atom. The maximum atomic E-state index is 11.9. The molecule has 2 aliphatic rings. The molecule has 5 nitrogen and oxygen atoms in total. The maximum Gasteiger partial charge on any atom is 0.160 e. The van der Waals surface area contributed by atoms with E-state index in [1.165, 1.54) is 13.8 Å². The molecule has 2 bridgehead atoms. The van der Waals surface area contributed by atoms with Crippen LogP contribution in [0.3, 0.4) is 0 Å². The van der Waals surface area contributed by atoms with E-state index in [4.69, 9.17) is 5.73 Å². The molecule has 1 fully saturated rings. The van der Waals surface area contributed by atoms with Gasteiger partial charge in [-0.15, -0.1) is 0 Å². The Labute approximate surface area is 136 Å². The zero-order chi connectivity index (χ0) is 16.7. The molecular weight excluding hydrogens is 290 g/mol. The number of anilines is 1. The number of nitrogens with one attached hydrogen (secondary N) is 1. The van der Waals surface area contributed by atoms with Gasteiger partial charge in [-0.05, 0) is 44.4 Å². The molecular formula is C18H23N3O2. The Bertz CT molecular complexity index is 683. The molecule has 1 saturated carbocycles. The van der Waals surface area contributed by atoms with Crippen molar-refractivity contribution in [3.8, 4) is 0 Å². The number of hydrazine groups is 1. The van der Waals surface area contributed by atoms with Crippen molar-refractivity contribution in [3.05, 3.63) is 41.5 Å². The largest absolute Gasteiger partial charge is 0.325 e. The van der Waals surface area contributed by atoms with Crippen LogP contribution in [0.25, 0.3) is 0 Å². The minimum atomic E-state index is -0.106. The molecule has 0 aromatic heterocycles. The van der Waals surface area contributed by atoms with Crippen molar-refractivity contribution in [2.45, 2.75) is 32.4 Å². The monoisotopic (exact) mass is 313 g/mol. The number of fused-ring (bicyclic) bond motifs is 2. The van der Waals surface area contributed by atoms with E-state index in [1.807, 2.05) is 18.1 Å². The zero-order valence-corrected chi connectivity index (χ0v) is 13.7. The first-order valence-electron chi connectivity index (χ1n) is 8.00. The van der Waals surface area contributed by atoms with Crippen molar-refractivity contribution in [2.75, 3.05) is 12.1 Å². The van der Waals surface area contributed by atoms with Gasteiger partial charge in [-0.1, -0.05) is 12.2 Å². The van der Waals surface area contributed by atoms with Gasteiger partial charge in [-0.25, -0.2) is 5.43 Å². The number of hydrogen-bond donors (Lipinski definition) is 2. The lowest BCUT2D eigenvalue weighted by Gasteiger charge is -2.37. The first-order chi connectivity index (χ1) is 10.9. The van der Waals surface area contributed by atoms with E-state index < -0.39 is 0 Å². The number of hydrogen-bond acceptors (Lipinski definition) is 5. The number of benzene rings is 1. The summed E-state index contributed by atoms with van der Waals surface area (Å²) in [5, 5.41) is 2.04. The van der Waals surface area contributed by atoms with Crippen molar-refractivity contribution >= 4 is 17.3 Å². The van der Waals surface area contributed by atoms with Gasteiger partial charge in [0.15, 0.2) is 11.6 Å². The van der Waals surface area contributed by atoms with E-state index in [0.717, 1.165) is 12.1 Å². The number of carbonyl (C=O) groups excluding carboxylic acids is 2. The number of nitrogens with two attached hydrogens (primary N) is 1. The molecule has 0 radical (unpaired) electrons. The molecule has 1 aromatic rings. The third kappa shape index (κ3) is 2.60. The summed E-state index contributed by atoms with van der Waals surface area (Å²) in [6, 6.07) is 5.61. The molecule has 5 heteroatoms. The molecule has 1 aromatic carbocycles. The molecule has 0 heterocycles. The first-order valence-corrected chi connectivity index (χ1v) is 8.00. The summed E-state index contributed by atoms with van der Waals surface area (Å²) in [6.45, 7) is 2.97. The number of Topliss-reactive ketones (excluding diaryl/α,β-unsaturated/α-hetero) is 2. The second-order valence-corrected chi connectivity index (χ2v) is 6.45. The Morgan fingerprint density at radius 2 is 1.78 bits per heavy atom. The van der Waals surface area contributed by atoms with Gasteiger partial charge in [0.1, 0.15) is 0 Å². The summed E-state index contributed by atoms with van der Waals surface area (Å²) in [6.07, 6.45) is 5.52. The lowest BCUT2D eigenvalue weighted by Crippen LogP contribution is -2.55. The molecule has 122 valence electrons. The molecule has 23 heavy (non-hydrogen) atoms. The summed E-state index contributed by atoms with van der Waals surface area (Å²) in [5.74, 6) is 0.628. The van der Waals surface area contributed by atoms with Crippen molar-refractivity contribution < 1.29 is 9.59 Å². The smallest absolute Gasteiger partial charge is 0.160 e. The van der Waals surface area contributed by atoms with E-state index >= 15 is 0 Å². The van der Waals surface area contributed by atoms with Gasteiger partial charge in [0, 0.05) is 30.1 Å². The minimum absolute atomic E-state index is 0.0608. The highest BCUT2D eigenvalue weighted by atomic mass is 16.1. The zero-order valence-electron chi connectivity index (χ0n) is 13.7. The Balaban J connectivity index is 1.99. The van der Waals surface area contributed by atoms with E-state index in [1.54, 1.807) is 12.1 Å². The van der Waals surface area contributed by atoms with E-state index in [2.05, 4.69) is 17.6 Å². The summed E-state index contributed by atoms with van der Waals surface area (Å²) in [7, 11) is 1.86. The standard InChI is InChI=1S/C18H23N3O2/c1-10(22)15-7-6-14(9-16(15)11(2)23)21(20-3)18-13-5-4-12(8-13)17(18)19/h4-7,9,12-13,17-18,20H,8,19H2,1-3H3. The van der Waals surface area contributed by atoms with Crippen LogP contribution < -0.4 is 16.2 Å². The van der Waals surface area contributed by atoms with Gasteiger partial charge in [0.2, 0.25) is 0 Å². The fourth-order valence-corrected chi connectivity index (χ4v) is 3.93. The van der Waals surface area contributed by atoms with Gasteiger partial charge in [0.25, 0.3) is 0 Å². The molecule has 3 rings (SSSR count). The average Bonchev–Trinajstić information content (AvgIpc) is 3.10. The van der Waals surface area contributed by atoms with Crippen LogP contribution in [-0.2, 0) is 0 Å². The fraction of sp³-hybridized carbons (Fsp3) is 0.444. The third-order valence-electron chi connectivity index (χ3n) is 5.06. The molecule has 0 aliphatic heterocycles. The third-order valence-corrected chi connectivity index (χ3v) is 5.06. The van der Waals surface area contributed by atoms with E-state index in [9.17, 15) is 9.59 Å². The Hall–Kier alpha value is -1.98. The molecule has 3 N–H and O–H groups in total.